The summed E-state index contributed by atoms with van der Waals surface area (Å²) >= 11 is 17.8. The highest BCUT2D eigenvalue weighted by Gasteiger charge is 2.09. The van der Waals surface area contributed by atoms with Gasteiger partial charge in [0, 0.05) is 21.3 Å². The molecule has 3 aromatic rings. The van der Waals surface area contributed by atoms with Crippen LogP contribution in [0.4, 0.5) is 5.69 Å². The smallest absolute Gasteiger partial charge is 0.277 e. The topological polar surface area (TPSA) is 79.8 Å². The lowest BCUT2D eigenvalue weighted by atomic mass is 10.1. The molecule has 2 amide bonds. The third kappa shape index (κ3) is 6.72. The number of halogens is 3. The summed E-state index contributed by atoms with van der Waals surface area (Å²) in [6, 6.07) is 18.5. The van der Waals surface area contributed by atoms with Crippen molar-refractivity contribution in [3.63, 3.8) is 0 Å². The van der Waals surface area contributed by atoms with Gasteiger partial charge in [0.2, 0.25) is 0 Å². The Balaban J connectivity index is 1.58. The number of hydrogen-bond acceptors (Lipinski definition) is 4. The van der Waals surface area contributed by atoms with E-state index in [1.807, 2.05) is 6.07 Å². The lowest BCUT2D eigenvalue weighted by Crippen LogP contribution is -2.25. The van der Waals surface area contributed by atoms with Crippen LogP contribution in [0, 0.1) is 0 Å². The number of carbonyl (C=O) groups is 2. The van der Waals surface area contributed by atoms with Gasteiger partial charge in [0.25, 0.3) is 11.8 Å². The highest BCUT2D eigenvalue weighted by atomic mass is 35.5. The van der Waals surface area contributed by atoms with Gasteiger partial charge in [0.05, 0.1) is 10.7 Å². The minimum atomic E-state index is -0.458. The molecular weight excluding hydrogens is 473 g/mol. The van der Waals surface area contributed by atoms with Crippen molar-refractivity contribution in [2.45, 2.75) is 6.92 Å². The monoisotopic (exact) mass is 489 g/mol. The van der Waals surface area contributed by atoms with Crippen LogP contribution in [0.5, 0.6) is 5.75 Å². The van der Waals surface area contributed by atoms with E-state index in [2.05, 4.69) is 15.8 Å². The number of hydrogen-bond donors (Lipinski definition) is 2. The van der Waals surface area contributed by atoms with E-state index in [1.54, 1.807) is 61.5 Å². The standard InChI is InChI=1S/C23H18Cl3N3O3/c1-14(28-29-22(30)13-32-21-9-8-18(25)12-20(21)26)15-4-3-7-19(11-15)27-23(31)16-5-2-6-17(24)10-16/h2-12H,13H2,1H3,(H,27,31)(H,29,30)/b28-14-. The summed E-state index contributed by atoms with van der Waals surface area (Å²) in [5.74, 6) is -0.401. The van der Waals surface area contributed by atoms with Crippen LogP contribution < -0.4 is 15.5 Å². The number of nitrogens with zero attached hydrogens (tertiary/aromatic N) is 1. The molecule has 0 radical (unpaired) electrons. The second-order valence-electron chi connectivity index (χ2n) is 6.64. The number of ether oxygens (including phenoxy) is 1. The Morgan fingerprint density at radius 3 is 2.38 bits per heavy atom. The molecule has 3 rings (SSSR count). The summed E-state index contributed by atoms with van der Waals surface area (Å²) in [5.41, 5.74) is 4.71. The molecule has 0 aliphatic rings. The fourth-order valence-corrected chi connectivity index (χ4v) is 3.29. The lowest BCUT2D eigenvalue weighted by molar-refractivity contribution is -0.123. The molecule has 0 fully saturated rings. The van der Waals surface area contributed by atoms with Crippen LogP contribution in [0.3, 0.4) is 0 Å². The van der Waals surface area contributed by atoms with E-state index < -0.39 is 5.91 Å². The maximum Gasteiger partial charge on any atom is 0.277 e. The molecule has 2 N–H and O–H groups in total. The maximum absolute atomic E-state index is 12.4. The van der Waals surface area contributed by atoms with E-state index in [-0.39, 0.29) is 12.5 Å². The number of nitrogens with one attached hydrogen (secondary N) is 2. The average Bonchev–Trinajstić information content (AvgIpc) is 2.77. The van der Waals surface area contributed by atoms with E-state index in [1.165, 1.54) is 6.07 Å². The minimum Gasteiger partial charge on any atom is -0.482 e. The van der Waals surface area contributed by atoms with Gasteiger partial charge in [-0.1, -0.05) is 53.0 Å². The summed E-state index contributed by atoms with van der Waals surface area (Å²) in [6.07, 6.45) is 0. The summed E-state index contributed by atoms with van der Waals surface area (Å²) in [5, 5.41) is 8.15. The molecule has 6 nitrogen and oxygen atoms in total. The van der Waals surface area contributed by atoms with Crippen LogP contribution in [-0.2, 0) is 4.79 Å². The summed E-state index contributed by atoms with van der Waals surface area (Å²) in [7, 11) is 0. The van der Waals surface area contributed by atoms with Gasteiger partial charge >= 0.3 is 0 Å². The van der Waals surface area contributed by atoms with Crippen molar-refractivity contribution >= 4 is 58.0 Å². The van der Waals surface area contributed by atoms with Gasteiger partial charge < -0.3 is 10.1 Å². The largest absolute Gasteiger partial charge is 0.482 e. The number of hydrazone groups is 1. The van der Waals surface area contributed by atoms with Crippen molar-refractivity contribution < 1.29 is 14.3 Å². The molecule has 0 aromatic heterocycles. The Labute approximate surface area is 200 Å². The van der Waals surface area contributed by atoms with Crippen LogP contribution in [0.1, 0.15) is 22.8 Å². The van der Waals surface area contributed by atoms with Gasteiger partial charge in [-0.3, -0.25) is 9.59 Å². The second kappa shape index (κ2) is 11.0. The molecule has 0 aliphatic heterocycles. The van der Waals surface area contributed by atoms with Gasteiger partial charge in [-0.2, -0.15) is 5.10 Å². The first-order valence-electron chi connectivity index (χ1n) is 9.40. The first kappa shape index (κ1) is 23.6. The van der Waals surface area contributed by atoms with Gasteiger partial charge in [-0.15, -0.1) is 0 Å². The highest BCUT2D eigenvalue weighted by molar-refractivity contribution is 6.35. The van der Waals surface area contributed by atoms with E-state index in [0.717, 1.165) is 5.56 Å². The van der Waals surface area contributed by atoms with Crippen molar-refractivity contribution in [3.8, 4) is 5.75 Å². The zero-order valence-corrected chi connectivity index (χ0v) is 19.1. The molecular formula is C23H18Cl3N3O3. The van der Waals surface area contributed by atoms with Gasteiger partial charge in [0.15, 0.2) is 6.61 Å². The van der Waals surface area contributed by atoms with Crippen molar-refractivity contribution in [1.82, 2.24) is 5.43 Å². The van der Waals surface area contributed by atoms with Gasteiger partial charge in [-0.05, 0) is 61.0 Å². The zero-order valence-electron chi connectivity index (χ0n) is 16.9. The third-order valence-electron chi connectivity index (χ3n) is 4.23. The summed E-state index contributed by atoms with van der Waals surface area (Å²) in [4.78, 5) is 24.5. The van der Waals surface area contributed by atoms with Crippen molar-refractivity contribution in [2.75, 3.05) is 11.9 Å². The van der Waals surface area contributed by atoms with Crippen LogP contribution in [0.25, 0.3) is 0 Å². The molecule has 9 heteroatoms. The van der Waals surface area contributed by atoms with E-state index in [0.29, 0.717) is 37.8 Å². The Morgan fingerprint density at radius 1 is 0.906 bits per heavy atom. The predicted octanol–water partition coefficient (Wildman–Crippen LogP) is 5.82. The molecule has 0 bridgehead atoms. The Hall–Kier alpha value is -3.06. The molecule has 0 heterocycles. The minimum absolute atomic E-state index is 0.270. The number of carbonyl (C=O) groups excluding carboxylic acids is 2. The summed E-state index contributed by atoms with van der Waals surface area (Å²) < 4.78 is 5.38. The van der Waals surface area contributed by atoms with E-state index in [4.69, 9.17) is 39.5 Å². The molecule has 0 unspecified atom stereocenters. The third-order valence-corrected chi connectivity index (χ3v) is 4.99. The number of benzene rings is 3. The molecule has 0 atom stereocenters. The van der Waals surface area contributed by atoms with Crippen LogP contribution in [0.2, 0.25) is 15.1 Å². The van der Waals surface area contributed by atoms with E-state index in [9.17, 15) is 9.59 Å². The van der Waals surface area contributed by atoms with E-state index >= 15 is 0 Å². The first-order chi connectivity index (χ1) is 15.3. The predicted molar refractivity (Wildman–Crippen MR) is 128 cm³/mol. The first-order valence-corrected chi connectivity index (χ1v) is 10.5. The average molecular weight is 491 g/mol. The Morgan fingerprint density at radius 2 is 1.62 bits per heavy atom. The number of rotatable bonds is 7. The van der Waals surface area contributed by atoms with Crippen LogP contribution >= 0.6 is 34.8 Å². The normalized spacial score (nSPS) is 11.1. The van der Waals surface area contributed by atoms with Crippen molar-refractivity contribution in [3.05, 3.63) is 92.9 Å². The SMILES string of the molecule is C/C(=N/NC(=O)COc1ccc(Cl)cc1Cl)c1cccc(NC(=O)c2cccc(Cl)c2)c1. The lowest BCUT2D eigenvalue weighted by Gasteiger charge is -2.09. The van der Waals surface area contributed by atoms with Gasteiger partial charge in [0.1, 0.15) is 5.75 Å². The Kier molecular flexibility index (Phi) is 8.11. The molecule has 3 aromatic carbocycles. The van der Waals surface area contributed by atoms with Crippen molar-refractivity contribution in [1.29, 1.82) is 0 Å². The number of amides is 2. The molecule has 0 aliphatic carbocycles. The fraction of sp³-hybridized carbons (Fsp3) is 0.0870. The zero-order chi connectivity index (χ0) is 23.1. The molecule has 0 saturated heterocycles. The maximum atomic E-state index is 12.4. The van der Waals surface area contributed by atoms with Crippen LogP contribution in [-0.4, -0.2) is 24.1 Å². The Bertz CT molecular complexity index is 1180. The quantitative estimate of drug-likeness (QED) is 0.323. The molecule has 32 heavy (non-hydrogen) atoms. The van der Waals surface area contributed by atoms with Gasteiger partial charge in [-0.25, -0.2) is 5.43 Å². The molecule has 164 valence electrons. The summed E-state index contributed by atoms with van der Waals surface area (Å²) in [6.45, 7) is 1.46. The highest BCUT2D eigenvalue weighted by Crippen LogP contribution is 2.27. The second-order valence-corrected chi connectivity index (χ2v) is 7.92. The molecule has 0 saturated carbocycles. The van der Waals surface area contributed by atoms with Crippen molar-refractivity contribution in [2.24, 2.45) is 5.10 Å². The number of anilines is 1. The van der Waals surface area contributed by atoms with Crippen LogP contribution in [0.15, 0.2) is 71.8 Å². The molecule has 0 spiro atoms. The fourth-order valence-electron chi connectivity index (χ4n) is 2.63.